The summed E-state index contributed by atoms with van der Waals surface area (Å²) < 4.78 is 10.3. The molecule has 0 heterocycles. The van der Waals surface area contributed by atoms with Crippen LogP contribution in [0.1, 0.15) is 24.8 Å². The van der Waals surface area contributed by atoms with Crippen molar-refractivity contribution in [2.24, 2.45) is 5.73 Å². The molecule has 1 fully saturated rings. The number of nitrogens with two attached hydrogens (primary N) is 1. The van der Waals surface area contributed by atoms with E-state index in [1.165, 1.54) is 14.2 Å². The number of halogens is 1. The zero-order valence-electron chi connectivity index (χ0n) is 9.92. The molecule has 0 bridgehead atoms. The third kappa shape index (κ3) is 1.81. The second-order valence-electron chi connectivity index (χ2n) is 4.33. The summed E-state index contributed by atoms with van der Waals surface area (Å²) in [6.07, 6.45) is 2.74. The first-order valence-corrected chi connectivity index (χ1v) is 5.84. The maximum absolute atomic E-state index is 10.1. The van der Waals surface area contributed by atoms with Crippen LogP contribution >= 0.6 is 11.6 Å². The van der Waals surface area contributed by atoms with Crippen LogP contribution in [0.3, 0.4) is 0 Å². The third-order valence-electron chi connectivity index (χ3n) is 3.37. The number of phenolic OH excluding ortho intramolecular Hbond substituents is 1. The van der Waals surface area contributed by atoms with Crippen molar-refractivity contribution in [2.75, 3.05) is 14.2 Å². The summed E-state index contributed by atoms with van der Waals surface area (Å²) in [4.78, 5) is 0. The van der Waals surface area contributed by atoms with Crippen molar-refractivity contribution in [1.82, 2.24) is 0 Å². The van der Waals surface area contributed by atoms with E-state index in [2.05, 4.69) is 0 Å². The molecule has 1 aliphatic carbocycles. The van der Waals surface area contributed by atoms with E-state index in [1.807, 2.05) is 0 Å². The molecule has 1 aromatic carbocycles. The van der Waals surface area contributed by atoms with Gasteiger partial charge in [-0.2, -0.15) is 0 Å². The van der Waals surface area contributed by atoms with Crippen LogP contribution in [0.15, 0.2) is 6.07 Å². The standard InChI is InChI=1S/C12H16ClNO3/c1-16-8-6-7(12(14)4-3-5-12)10(15)9(13)11(8)17-2/h6,15H,3-5,14H2,1-2H3. The molecule has 1 aromatic rings. The predicted octanol–water partition coefficient (Wildman–Crippen LogP) is 2.40. The minimum absolute atomic E-state index is 0.00785. The van der Waals surface area contributed by atoms with Gasteiger partial charge in [-0.05, 0) is 25.3 Å². The van der Waals surface area contributed by atoms with E-state index in [1.54, 1.807) is 6.07 Å². The minimum atomic E-state index is -0.493. The van der Waals surface area contributed by atoms with Crippen LogP contribution in [0.4, 0.5) is 0 Å². The van der Waals surface area contributed by atoms with Crippen LogP contribution in [0.2, 0.25) is 5.02 Å². The molecular formula is C12H16ClNO3. The first kappa shape index (κ1) is 12.3. The van der Waals surface area contributed by atoms with Gasteiger partial charge in [0.15, 0.2) is 11.5 Å². The number of rotatable bonds is 3. The van der Waals surface area contributed by atoms with Crippen LogP contribution in [0.5, 0.6) is 17.2 Å². The molecule has 0 unspecified atom stereocenters. The normalized spacial score (nSPS) is 17.4. The van der Waals surface area contributed by atoms with Gasteiger partial charge in [0.25, 0.3) is 0 Å². The lowest BCUT2D eigenvalue weighted by atomic mass is 9.72. The van der Waals surface area contributed by atoms with Crippen LogP contribution in [-0.4, -0.2) is 19.3 Å². The predicted molar refractivity (Wildman–Crippen MR) is 65.9 cm³/mol. The molecule has 2 rings (SSSR count). The molecule has 1 saturated carbocycles. The van der Waals surface area contributed by atoms with Gasteiger partial charge >= 0.3 is 0 Å². The molecule has 0 atom stereocenters. The van der Waals surface area contributed by atoms with Crippen molar-refractivity contribution < 1.29 is 14.6 Å². The summed E-state index contributed by atoms with van der Waals surface area (Å²) in [5, 5.41) is 10.2. The van der Waals surface area contributed by atoms with E-state index in [0.29, 0.717) is 17.1 Å². The highest BCUT2D eigenvalue weighted by Gasteiger charge is 2.38. The molecule has 0 aliphatic heterocycles. The Morgan fingerprint density at radius 1 is 1.35 bits per heavy atom. The van der Waals surface area contributed by atoms with Crippen LogP contribution < -0.4 is 15.2 Å². The Hall–Kier alpha value is -1.13. The Balaban J connectivity index is 2.58. The molecule has 4 nitrogen and oxygen atoms in total. The maximum atomic E-state index is 10.1. The monoisotopic (exact) mass is 257 g/mol. The van der Waals surface area contributed by atoms with Crippen molar-refractivity contribution in [3.05, 3.63) is 16.7 Å². The van der Waals surface area contributed by atoms with E-state index in [9.17, 15) is 5.11 Å². The average molecular weight is 258 g/mol. The molecule has 3 N–H and O–H groups in total. The fourth-order valence-electron chi connectivity index (χ4n) is 2.15. The van der Waals surface area contributed by atoms with E-state index in [4.69, 9.17) is 26.8 Å². The smallest absolute Gasteiger partial charge is 0.183 e. The summed E-state index contributed by atoms with van der Waals surface area (Å²) in [6, 6.07) is 1.71. The molecule has 0 spiro atoms. The summed E-state index contributed by atoms with van der Waals surface area (Å²) in [5.41, 5.74) is 6.33. The van der Waals surface area contributed by atoms with Crippen molar-refractivity contribution in [3.63, 3.8) is 0 Å². The Kier molecular flexibility index (Phi) is 3.10. The molecule has 94 valence electrons. The zero-order chi connectivity index (χ0) is 12.6. The highest BCUT2D eigenvalue weighted by Crippen LogP contribution is 2.50. The van der Waals surface area contributed by atoms with Gasteiger partial charge < -0.3 is 20.3 Å². The Morgan fingerprint density at radius 3 is 2.41 bits per heavy atom. The third-order valence-corrected chi connectivity index (χ3v) is 3.72. The topological polar surface area (TPSA) is 64.7 Å². The van der Waals surface area contributed by atoms with Crippen molar-refractivity contribution in [2.45, 2.75) is 24.8 Å². The average Bonchev–Trinajstić information content (AvgIpc) is 2.29. The Labute approximate surface area is 105 Å². The molecular weight excluding hydrogens is 242 g/mol. The molecule has 0 radical (unpaired) electrons. The number of hydrogen-bond acceptors (Lipinski definition) is 4. The summed E-state index contributed by atoms with van der Waals surface area (Å²) >= 11 is 6.06. The number of hydrogen-bond donors (Lipinski definition) is 2. The van der Waals surface area contributed by atoms with Crippen molar-refractivity contribution in [3.8, 4) is 17.2 Å². The number of aromatic hydroxyl groups is 1. The lowest BCUT2D eigenvalue weighted by molar-refractivity contribution is 0.243. The fraction of sp³-hybridized carbons (Fsp3) is 0.500. The number of ether oxygens (including phenoxy) is 2. The van der Waals surface area contributed by atoms with Gasteiger partial charge in [-0.3, -0.25) is 0 Å². The highest BCUT2D eigenvalue weighted by atomic mass is 35.5. The van der Waals surface area contributed by atoms with Crippen LogP contribution in [0.25, 0.3) is 0 Å². The van der Waals surface area contributed by atoms with Crippen molar-refractivity contribution in [1.29, 1.82) is 0 Å². The SMILES string of the molecule is COc1cc(C2(N)CCC2)c(O)c(Cl)c1OC. The van der Waals surface area contributed by atoms with E-state index in [-0.39, 0.29) is 10.8 Å². The van der Waals surface area contributed by atoms with E-state index >= 15 is 0 Å². The van der Waals surface area contributed by atoms with Crippen LogP contribution in [-0.2, 0) is 5.54 Å². The van der Waals surface area contributed by atoms with E-state index < -0.39 is 5.54 Å². The summed E-state index contributed by atoms with van der Waals surface area (Å²) in [5.74, 6) is 0.812. The van der Waals surface area contributed by atoms with E-state index in [0.717, 1.165) is 19.3 Å². The second kappa shape index (κ2) is 4.27. The number of methoxy groups -OCH3 is 2. The zero-order valence-corrected chi connectivity index (χ0v) is 10.7. The first-order chi connectivity index (χ1) is 8.03. The van der Waals surface area contributed by atoms with Gasteiger partial charge in [0.05, 0.1) is 14.2 Å². The van der Waals surface area contributed by atoms with Gasteiger partial charge in [0, 0.05) is 11.1 Å². The largest absolute Gasteiger partial charge is 0.506 e. The maximum Gasteiger partial charge on any atom is 0.183 e. The minimum Gasteiger partial charge on any atom is -0.506 e. The van der Waals surface area contributed by atoms with Gasteiger partial charge in [0.1, 0.15) is 10.8 Å². The molecule has 0 aromatic heterocycles. The number of phenols is 1. The summed E-state index contributed by atoms with van der Waals surface area (Å²) in [7, 11) is 3.00. The van der Waals surface area contributed by atoms with Crippen LogP contribution in [0, 0.1) is 0 Å². The van der Waals surface area contributed by atoms with Crippen molar-refractivity contribution >= 4 is 11.6 Å². The molecule has 1 aliphatic rings. The van der Waals surface area contributed by atoms with Gasteiger partial charge in [-0.25, -0.2) is 0 Å². The van der Waals surface area contributed by atoms with Gasteiger partial charge in [-0.1, -0.05) is 11.6 Å². The quantitative estimate of drug-likeness (QED) is 0.873. The number of benzene rings is 1. The molecule has 5 heteroatoms. The Morgan fingerprint density at radius 2 is 2.00 bits per heavy atom. The highest BCUT2D eigenvalue weighted by molar-refractivity contribution is 6.34. The fourth-order valence-corrected chi connectivity index (χ4v) is 2.42. The summed E-state index contributed by atoms with van der Waals surface area (Å²) in [6.45, 7) is 0. The lowest BCUT2D eigenvalue weighted by Gasteiger charge is -2.39. The Bertz CT molecular complexity index is 444. The van der Waals surface area contributed by atoms with Gasteiger partial charge in [0.2, 0.25) is 0 Å². The molecule has 0 saturated heterocycles. The molecule has 17 heavy (non-hydrogen) atoms. The molecule has 0 amide bonds. The second-order valence-corrected chi connectivity index (χ2v) is 4.71. The lowest BCUT2D eigenvalue weighted by Crippen LogP contribution is -2.43. The van der Waals surface area contributed by atoms with Gasteiger partial charge in [-0.15, -0.1) is 0 Å². The first-order valence-electron chi connectivity index (χ1n) is 5.46.